The molecule has 1 fully saturated rings. The summed E-state index contributed by atoms with van der Waals surface area (Å²) >= 11 is 1.92. The molecule has 0 bridgehead atoms. The van der Waals surface area contributed by atoms with Gasteiger partial charge in [0.1, 0.15) is 0 Å². The van der Waals surface area contributed by atoms with Gasteiger partial charge >= 0.3 is 0 Å². The molecule has 0 aromatic carbocycles. The second-order valence-electron chi connectivity index (χ2n) is 5.31. The van der Waals surface area contributed by atoms with Crippen LogP contribution in [0.15, 0.2) is 4.99 Å². The minimum atomic E-state index is 0.617. The van der Waals surface area contributed by atoms with Gasteiger partial charge < -0.3 is 10.6 Å². The van der Waals surface area contributed by atoms with Gasteiger partial charge in [-0.05, 0) is 43.6 Å². The number of hydrogen-bond acceptors (Lipinski definition) is 2. The Morgan fingerprint density at radius 1 is 1.33 bits per heavy atom. The van der Waals surface area contributed by atoms with Gasteiger partial charge in [-0.2, -0.15) is 11.8 Å². The molecular formula is C14H29N3S. The van der Waals surface area contributed by atoms with Crippen LogP contribution in [0.5, 0.6) is 0 Å². The number of rotatable bonds is 6. The highest BCUT2D eigenvalue weighted by atomic mass is 32.2. The van der Waals surface area contributed by atoms with Crippen molar-refractivity contribution >= 4 is 17.7 Å². The van der Waals surface area contributed by atoms with Gasteiger partial charge in [0.2, 0.25) is 0 Å². The summed E-state index contributed by atoms with van der Waals surface area (Å²) in [5.41, 5.74) is 0. The first-order valence-corrected chi connectivity index (χ1v) is 8.61. The third-order valence-electron chi connectivity index (χ3n) is 3.57. The fraction of sp³-hybridized carbons (Fsp3) is 0.929. The minimum Gasteiger partial charge on any atom is -0.356 e. The van der Waals surface area contributed by atoms with E-state index < -0.39 is 0 Å². The molecule has 2 unspecified atom stereocenters. The zero-order valence-electron chi connectivity index (χ0n) is 12.2. The third kappa shape index (κ3) is 6.53. The van der Waals surface area contributed by atoms with Gasteiger partial charge in [0.25, 0.3) is 0 Å². The average Bonchev–Trinajstić information content (AvgIpc) is 2.37. The van der Waals surface area contributed by atoms with Crippen LogP contribution < -0.4 is 10.6 Å². The van der Waals surface area contributed by atoms with Gasteiger partial charge in [0, 0.05) is 19.6 Å². The second-order valence-corrected chi connectivity index (χ2v) is 6.30. The van der Waals surface area contributed by atoms with Crippen molar-refractivity contribution in [1.82, 2.24) is 10.6 Å². The lowest BCUT2D eigenvalue weighted by Crippen LogP contribution is -2.45. The molecule has 0 aliphatic heterocycles. The molecule has 1 aliphatic carbocycles. The van der Waals surface area contributed by atoms with Gasteiger partial charge in [-0.25, -0.2) is 0 Å². The molecule has 0 spiro atoms. The molecular weight excluding hydrogens is 242 g/mol. The number of hydrogen-bond donors (Lipinski definition) is 2. The van der Waals surface area contributed by atoms with Gasteiger partial charge in [-0.1, -0.05) is 19.8 Å². The molecule has 0 aromatic heterocycles. The van der Waals surface area contributed by atoms with E-state index in [9.17, 15) is 0 Å². The molecule has 0 amide bonds. The molecule has 0 aromatic rings. The molecule has 2 N–H and O–H groups in total. The highest BCUT2D eigenvalue weighted by Crippen LogP contribution is 2.23. The van der Waals surface area contributed by atoms with Crippen molar-refractivity contribution in [2.24, 2.45) is 10.9 Å². The van der Waals surface area contributed by atoms with Gasteiger partial charge in [0.15, 0.2) is 5.96 Å². The topological polar surface area (TPSA) is 36.4 Å². The van der Waals surface area contributed by atoms with Crippen molar-refractivity contribution in [1.29, 1.82) is 0 Å². The number of unbranched alkanes of at least 4 members (excludes halogenated alkanes) is 1. The summed E-state index contributed by atoms with van der Waals surface area (Å²) in [5.74, 6) is 3.10. The zero-order chi connectivity index (χ0) is 13.2. The maximum absolute atomic E-state index is 4.31. The fourth-order valence-corrected chi connectivity index (χ4v) is 3.02. The van der Waals surface area contributed by atoms with E-state index in [1.54, 1.807) is 0 Å². The Kier molecular flexibility index (Phi) is 8.31. The van der Waals surface area contributed by atoms with Crippen molar-refractivity contribution in [3.05, 3.63) is 0 Å². The van der Waals surface area contributed by atoms with E-state index in [0.717, 1.165) is 18.4 Å². The molecule has 1 saturated carbocycles. The van der Waals surface area contributed by atoms with Crippen LogP contribution in [-0.4, -0.2) is 37.6 Å². The van der Waals surface area contributed by atoms with Crippen LogP contribution in [-0.2, 0) is 0 Å². The van der Waals surface area contributed by atoms with Crippen LogP contribution in [0.2, 0.25) is 0 Å². The quantitative estimate of drug-likeness (QED) is 0.443. The lowest BCUT2D eigenvalue weighted by Gasteiger charge is -2.28. The lowest BCUT2D eigenvalue weighted by molar-refractivity contribution is 0.324. The highest BCUT2D eigenvalue weighted by Gasteiger charge is 2.19. The number of nitrogens with one attached hydrogen (secondary N) is 2. The average molecular weight is 271 g/mol. The van der Waals surface area contributed by atoms with E-state index in [1.807, 2.05) is 18.8 Å². The molecule has 18 heavy (non-hydrogen) atoms. The first-order chi connectivity index (χ1) is 8.76. The lowest BCUT2D eigenvalue weighted by atomic mass is 9.87. The number of nitrogens with zero attached hydrogens (tertiary/aromatic N) is 1. The summed E-state index contributed by atoms with van der Waals surface area (Å²) in [6, 6.07) is 0.617. The maximum atomic E-state index is 4.31. The largest absolute Gasteiger partial charge is 0.356 e. The fourth-order valence-electron chi connectivity index (χ4n) is 2.53. The predicted molar refractivity (Wildman–Crippen MR) is 83.5 cm³/mol. The summed E-state index contributed by atoms with van der Waals surface area (Å²) in [4.78, 5) is 4.31. The Labute approximate surface area is 117 Å². The van der Waals surface area contributed by atoms with Crippen LogP contribution in [0.1, 0.15) is 45.4 Å². The van der Waals surface area contributed by atoms with E-state index >= 15 is 0 Å². The van der Waals surface area contributed by atoms with Gasteiger partial charge in [0.05, 0.1) is 0 Å². The monoisotopic (exact) mass is 271 g/mol. The summed E-state index contributed by atoms with van der Waals surface area (Å²) in [7, 11) is 1.86. The second kappa shape index (κ2) is 9.54. The van der Waals surface area contributed by atoms with Crippen molar-refractivity contribution in [2.45, 2.75) is 51.5 Å². The number of thioether (sulfide) groups is 1. The molecule has 4 heteroatoms. The van der Waals surface area contributed by atoms with E-state index in [2.05, 4.69) is 28.8 Å². The Bertz CT molecular complexity index is 243. The van der Waals surface area contributed by atoms with Gasteiger partial charge in [-0.15, -0.1) is 0 Å². The molecule has 1 rings (SSSR count). The molecule has 106 valence electrons. The van der Waals surface area contributed by atoms with E-state index in [4.69, 9.17) is 0 Å². The van der Waals surface area contributed by atoms with Crippen LogP contribution in [0.3, 0.4) is 0 Å². The summed E-state index contributed by atoms with van der Waals surface area (Å²) in [6.07, 6.45) is 9.99. The smallest absolute Gasteiger partial charge is 0.191 e. The summed E-state index contributed by atoms with van der Waals surface area (Å²) in [5, 5.41) is 6.98. The highest BCUT2D eigenvalue weighted by molar-refractivity contribution is 7.98. The van der Waals surface area contributed by atoms with E-state index in [-0.39, 0.29) is 0 Å². The maximum Gasteiger partial charge on any atom is 0.191 e. The first kappa shape index (κ1) is 15.7. The van der Waals surface area contributed by atoms with E-state index in [1.165, 1.54) is 44.3 Å². The molecule has 0 heterocycles. The number of guanidine groups is 1. The molecule has 3 nitrogen and oxygen atoms in total. The molecule has 0 radical (unpaired) electrons. The summed E-state index contributed by atoms with van der Waals surface area (Å²) in [6.45, 7) is 3.38. The minimum absolute atomic E-state index is 0.617. The van der Waals surface area contributed by atoms with Gasteiger partial charge in [-0.3, -0.25) is 4.99 Å². The van der Waals surface area contributed by atoms with Crippen LogP contribution in [0, 0.1) is 5.92 Å². The SMILES string of the molecule is CN=C(NCCCCSC)NC1CCCC(C)C1. The summed E-state index contributed by atoms with van der Waals surface area (Å²) < 4.78 is 0. The Balaban J connectivity index is 2.17. The molecule has 0 saturated heterocycles. The zero-order valence-corrected chi connectivity index (χ0v) is 13.0. The molecule has 1 aliphatic rings. The third-order valence-corrected chi connectivity index (χ3v) is 4.27. The predicted octanol–water partition coefficient (Wildman–Crippen LogP) is 2.87. The van der Waals surface area contributed by atoms with E-state index in [0.29, 0.717) is 6.04 Å². The van der Waals surface area contributed by atoms with Crippen LogP contribution >= 0.6 is 11.8 Å². The molecule has 2 atom stereocenters. The van der Waals surface area contributed by atoms with Crippen molar-refractivity contribution in [3.63, 3.8) is 0 Å². The Morgan fingerprint density at radius 2 is 2.17 bits per heavy atom. The first-order valence-electron chi connectivity index (χ1n) is 7.22. The normalized spacial score (nSPS) is 24.9. The van der Waals surface area contributed by atoms with Crippen LogP contribution in [0.25, 0.3) is 0 Å². The van der Waals surface area contributed by atoms with Crippen LogP contribution in [0.4, 0.5) is 0 Å². The number of aliphatic imine (C=N–C) groups is 1. The van der Waals surface area contributed by atoms with Crippen molar-refractivity contribution in [3.8, 4) is 0 Å². The Hall–Kier alpha value is -0.380. The van der Waals surface area contributed by atoms with Crippen molar-refractivity contribution in [2.75, 3.05) is 25.6 Å². The van der Waals surface area contributed by atoms with Crippen molar-refractivity contribution < 1.29 is 0 Å². The Morgan fingerprint density at radius 3 is 2.83 bits per heavy atom. The standard InChI is InChI=1S/C14H29N3S/c1-12-7-6-8-13(11-12)17-14(15-2)16-9-4-5-10-18-3/h12-13H,4-11H2,1-3H3,(H2,15,16,17).